The van der Waals surface area contributed by atoms with Gasteiger partial charge in [-0.25, -0.2) is 0 Å². The van der Waals surface area contributed by atoms with Gasteiger partial charge in [0, 0.05) is 11.8 Å². The molecule has 0 fully saturated rings. The van der Waals surface area contributed by atoms with Gasteiger partial charge in [0.05, 0.1) is 18.4 Å². The first kappa shape index (κ1) is 18.3. The summed E-state index contributed by atoms with van der Waals surface area (Å²) in [5.41, 5.74) is 0.296. The van der Waals surface area contributed by atoms with E-state index in [2.05, 4.69) is 20.3 Å². The summed E-state index contributed by atoms with van der Waals surface area (Å²) in [5.74, 6) is 1.67. The fourth-order valence-corrected chi connectivity index (χ4v) is 3.19. The molecule has 0 spiro atoms. The van der Waals surface area contributed by atoms with Crippen molar-refractivity contribution in [3.05, 3.63) is 54.0 Å². The molecule has 3 aromatic heterocycles. The summed E-state index contributed by atoms with van der Waals surface area (Å²) in [4.78, 5) is 4.30. The Morgan fingerprint density at radius 1 is 1.11 bits per heavy atom. The maximum absolute atomic E-state index is 12.9. The van der Waals surface area contributed by atoms with E-state index < -0.39 is 11.7 Å². The van der Waals surface area contributed by atoms with Gasteiger partial charge in [-0.2, -0.15) is 18.2 Å². The fourth-order valence-electron chi connectivity index (χ4n) is 2.43. The molecule has 0 aliphatic heterocycles. The van der Waals surface area contributed by atoms with Crippen molar-refractivity contribution >= 4 is 17.4 Å². The maximum Gasteiger partial charge on any atom is 0.417 e. The monoisotopic (exact) mass is 407 g/mol. The van der Waals surface area contributed by atoms with E-state index in [-0.39, 0.29) is 5.75 Å². The highest BCUT2D eigenvalue weighted by Crippen LogP contribution is 2.30. The second-order valence-electron chi connectivity index (χ2n) is 5.66. The molecule has 3 heterocycles. The van der Waals surface area contributed by atoms with Crippen molar-refractivity contribution in [3.8, 4) is 17.1 Å². The van der Waals surface area contributed by atoms with E-state index >= 15 is 0 Å². The molecule has 0 unspecified atom stereocenters. The molecule has 4 aromatic rings. The van der Waals surface area contributed by atoms with Gasteiger partial charge in [0.15, 0.2) is 10.8 Å². The summed E-state index contributed by atoms with van der Waals surface area (Å²) in [7, 11) is 1.57. The van der Waals surface area contributed by atoms with Gasteiger partial charge in [-0.15, -0.1) is 10.2 Å². The highest BCUT2D eigenvalue weighted by atomic mass is 32.2. The number of methoxy groups -OCH3 is 1. The Kier molecular flexibility index (Phi) is 4.67. The molecule has 0 bridgehead atoms. The number of thioether (sulfide) groups is 1. The maximum atomic E-state index is 12.9. The Balaban J connectivity index is 1.51. The summed E-state index contributed by atoms with van der Waals surface area (Å²) in [6.07, 6.45) is -3.48. The van der Waals surface area contributed by atoms with E-state index in [1.807, 2.05) is 0 Å². The molecule has 0 radical (unpaired) electrons. The number of rotatable bonds is 5. The Labute approximate surface area is 160 Å². The predicted molar refractivity (Wildman–Crippen MR) is 93.8 cm³/mol. The number of hydrogen-bond acceptors (Lipinski definition) is 7. The summed E-state index contributed by atoms with van der Waals surface area (Å²) >= 11 is 1.15. The van der Waals surface area contributed by atoms with Crippen LogP contribution < -0.4 is 4.74 Å². The molecule has 0 N–H and O–H groups in total. The van der Waals surface area contributed by atoms with Crippen molar-refractivity contribution in [2.45, 2.75) is 17.1 Å². The number of ether oxygens (including phenoxy) is 1. The number of hydrogen-bond donors (Lipinski definition) is 0. The molecule has 0 saturated carbocycles. The highest BCUT2D eigenvalue weighted by molar-refractivity contribution is 7.98. The van der Waals surface area contributed by atoms with Crippen LogP contribution in [-0.4, -0.2) is 31.8 Å². The lowest BCUT2D eigenvalue weighted by molar-refractivity contribution is -0.137. The van der Waals surface area contributed by atoms with Crippen LogP contribution >= 0.6 is 11.8 Å². The van der Waals surface area contributed by atoms with Crippen LogP contribution in [0.4, 0.5) is 13.2 Å². The SMILES string of the molecule is COc1ccc(-c2noc(CSc3nnc4ccc(C(F)(F)F)cn34)n2)cc1. The molecule has 1 aromatic carbocycles. The molecule has 11 heteroatoms. The first-order valence-corrected chi connectivity index (χ1v) is 8.94. The number of alkyl halides is 3. The van der Waals surface area contributed by atoms with E-state index in [1.54, 1.807) is 31.4 Å². The molecule has 144 valence electrons. The van der Waals surface area contributed by atoms with Gasteiger partial charge in [-0.3, -0.25) is 4.40 Å². The lowest BCUT2D eigenvalue weighted by Crippen LogP contribution is -2.06. The van der Waals surface area contributed by atoms with E-state index in [4.69, 9.17) is 9.26 Å². The lowest BCUT2D eigenvalue weighted by atomic mass is 10.2. The van der Waals surface area contributed by atoms with E-state index in [9.17, 15) is 13.2 Å². The Morgan fingerprint density at radius 2 is 1.89 bits per heavy atom. The molecule has 0 amide bonds. The highest BCUT2D eigenvalue weighted by Gasteiger charge is 2.31. The van der Waals surface area contributed by atoms with Crippen LogP contribution in [0.5, 0.6) is 5.75 Å². The van der Waals surface area contributed by atoms with Gasteiger partial charge in [0.25, 0.3) is 0 Å². The minimum absolute atomic E-state index is 0.236. The van der Waals surface area contributed by atoms with Gasteiger partial charge < -0.3 is 9.26 Å². The second-order valence-corrected chi connectivity index (χ2v) is 6.60. The summed E-state index contributed by atoms with van der Waals surface area (Å²) in [6, 6.07) is 9.39. The largest absolute Gasteiger partial charge is 0.497 e. The molecule has 0 aliphatic rings. The third kappa shape index (κ3) is 3.65. The number of fused-ring (bicyclic) bond motifs is 1. The van der Waals surface area contributed by atoms with Crippen LogP contribution in [-0.2, 0) is 11.9 Å². The van der Waals surface area contributed by atoms with Crippen LogP contribution in [0.25, 0.3) is 17.0 Å². The van der Waals surface area contributed by atoms with Crippen LogP contribution in [0.1, 0.15) is 11.5 Å². The van der Waals surface area contributed by atoms with Gasteiger partial charge in [-0.1, -0.05) is 16.9 Å². The average molecular weight is 407 g/mol. The number of benzene rings is 1. The minimum atomic E-state index is -4.44. The number of halogens is 3. The molecule has 0 saturated heterocycles. The van der Waals surface area contributed by atoms with E-state index in [0.717, 1.165) is 29.6 Å². The lowest BCUT2D eigenvalue weighted by Gasteiger charge is -2.06. The van der Waals surface area contributed by atoms with Crippen LogP contribution in [0.15, 0.2) is 52.3 Å². The molecule has 0 aliphatic carbocycles. The zero-order chi connectivity index (χ0) is 19.7. The predicted octanol–water partition coefficient (Wildman–Crippen LogP) is 4.10. The zero-order valence-corrected chi connectivity index (χ0v) is 15.2. The van der Waals surface area contributed by atoms with Crippen molar-refractivity contribution < 1.29 is 22.4 Å². The standard InChI is InChI=1S/C17H12F3N5O2S/c1-26-12-5-2-10(3-6-12)15-21-14(27-24-15)9-28-16-23-22-13-7-4-11(8-25(13)16)17(18,19)20/h2-8H,9H2,1H3. The van der Waals surface area contributed by atoms with Crippen molar-refractivity contribution in [2.24, 2.45) is 0 Å². The van der Waals surface area contributed by atoms with Crippen molar-refractivity contribution in [2.75, 3.05) is 7.11 Å². The summed E-state index contributed by atoms with van der Waals surface area (Å²) in [6.45, 7) is 0. The van der Waals surface area contributed by atoms with E-state index in [1.165, 1.54) is 10.5 Å². The fraction of sp³-hybridized carbons (Fsp3) is 0.176. The normalized spacial score (nSPS) is 11.9. The minimum Gasteiger partial charge on any atom is -0.497 e. The van der Waals surface area contributed by atoms with E-state index in [0.29, 0.717) is 28.3 Å². The van der Waals surface area contributed by atoms with Gasteiger partial charge >= 0.3 is 6.18 Å². The number of pyridine rings is 1. The quantitative estimate of drug-likeness (QED) is 0.461. The van der Waals surface area contributed by atoms with Gasteiger partial charge in [0.1, 0.15) is 5.75 Å². The van der Waals surface area contributed by atoms with Gasteiger partial charge in [0.2, 0.25) is 11.7 Å². The molecule has 0 atom stereocenters. The smallest absolute Gasteiger partial charge is 0.417 e. The van der Waals surface area contributed by atoms with Gasteiger partial charge in [-0.05, 0) is 36.4 Å². The van der Waals surface area contributed by atoms with Crippen molar-refractivity contribution in [3.63, 3.8) is 0 Å². The molecular formula is C17H12F3N5O2S. The third-order valence-corrected chi connectivity index (χ3v) is 4.77. The second kappa shape index (κ2) is 7.15. The molecule has 4 rings (SSSR count). The van der Waals surface area contributed by atoms with Crippen LogP contribution in [0, 0.1) is 0 Å². The van der Waals surface area contributed by atoms with Crippen molar-refractivity contribution in [1.82, 2.24) is 24.7 Å². The first-order valence-electron chi connectivity index (χ1n) is 7.96. The number of aromatic nitrogens is 5. The Bertz CT molecular complexity index is 1110. The third-order valence-electron chi connectivity index (χ3n) is 3.84. The summed E-state index contributed by atoms with van der Waals surface area (Å²) in [5, 5.41) is 12.0. The zero-order valence-electron chi connectivity index (χ0n) is 14.3. The molecule has 28 heavy (non-hydrogen) atoms. The molecule has 7 nitrogen and oxygen atoms in total. The summed E-state index contributed by atoms with van der Waals surface area (Å²) < 4.78 is 50.3. The average Bonchev–Trinajstić information content (AvgIpc) is 3.32. The van der Waals surface area contributed by atoms with Crippen LogP contribution in [0.2, 0.25) is 0 Å². The Morgan fingerprint density at radius 3 is 2.61 bits per heavy atom. The van der Waals surface area contributed by atoms with Crippen molar-refractivity contribution in [1.29, 1.82) is 0 Å². The Hall–Kier alpha value is -3.08. The van der Waals surface area contributed by atoms with Crippen LogP contribution in [0.3, 0.4) is 0 Å². The molecular weight excluding hydrogens is 395 g/mol. The number of nitrogens with zero attached hydrogens (tertiary/aromatic N) is 5. The topological polar surface area (TPSA) is 78.3 Å². The first-order chi connectivity index (χ1) is 13.4.